The summed E-state index contributed by atoms with van der Waals surface area (Å²) in [5.74, 6) is 0. The normalized spacial score (nSPS) is 12.4. The van der Waals surface area contributed by atoms with E-state index in [2.05, 4.69) is 62.5 Å². The van der Waals surface area contributed by atoms with E-state index in [0.29, 0.717) is 0 Å². The zero-order chi connectivity index (χ0) is 29.2. The van der Waals surface area contributed by atoms with E-state index < -0.39 is 0 Å². The van der Waals surface area contributed by atoms with Crippen molar-refractivity contribution in [3.8, 4) is 0 Å². The summed E-state index contributed by atoms with van der Waals surface area (Å²) >= 11 is 0. The number of allylic oxidation sites excluding steroid dienone is 8. The second-order valence-electron chi connectivity index (χ2n) is 11.7. The van der Waals surface area contributed by atoms with Gasteiger partial charge >= 0.3 is 0 Å². The predicted octanol–water partition coefficient (Wildman–Crippen LogP) is 13.0. The van der Waals surface area contributed by atoms with Crippen molar-refractivity contribution in [2.75, 3.05) is 0 Å². The molecule has 0 fully saturated rings. The second kappa shape index (κ2) is 33.6. The van der Waals surface area contributed by atoms with Crippen LogP contribution in [0.2, 0.25) is 0 Å². The average molecular weight is 558 g/mol. The van der Waals surface area contributed by atoms with Gasteiger partial charge in [0.1, 0.15) is 0 Å². The van der Waals surface area contributed by atoms with Crippen LogP contribution < -0.4 is 0 Å². The van der Waals surface area contributed by atoms with Crippen molar-refractivity contribution < 1.29 is 4.92 Å². The third-order valence-electron chi connectivity index (χ3n) is 7.77. The van der Waals surface area contributed by atoms with Gasteiger partial charge in [-0.1, -0.05) is 140 Å². The quantitative estimate of drug-likeness (QED) is 0.0368. The Balaban J connectivity index is 3.53. The van der Waals surface area contributed by atoms with Gasteiger partial charge < -0.3 is 0 Å². The Morgan fingerprint density at radius 1 is 0.450 bits per heavy atom. The highest BCUT2D eigenvalue weighted by Crippen LogP contribution is 2.17. The fraction of sp³-hybridized carbons (Fsp3) is 0.784. The van der Waals surface area contributed by atoms with Crippen LogP contribution in [0.5, 0.6) is 0 Å². The minimum Gasteiger partial charge on any atom is -0.264 e. The fourth-order valence-corrected chi connectivity index (χ4v) is 5.09. The molecule has 3 heteroatoms. The highest BCUT2D eigenvalue weighted by molar-refractivity contribution is 4.93. The van der Waals surface area contributed by atoms with Gasteiger partial charge in [0.25, 0.3) is 0 Å². The first kappa shape index (κ1) is 38.4. The molecule has 0 radical (unpaired) electrons. The van der Waals surface area contributed by atoms with Gasteiger partial charge in [0.2, 0.25) is 6.04 Å². The van der Waals surface area contributed by atoms with Gasteiger partial charge in [-0.15, -0.1) is 0 Å². The average Bonchev–Trinajstić information content (AvgIpc) is 2.95. The van der Waals surface area contributed by atoms with Crippen molar-refractivity contribution in [2.24, 2.45) is 0 Å². The summed E-state index contributed by atoms with van der Waals surface area (Å²) in [6, 6.07) is -0.323. The molecule has 0 aliphatic rings. The Labute approximate surface area is 250 Å². The highest BCUT2D eigenvalue weighted by atomic mass is 16.6. The Morgan fingerprint density at radius 3 is 1.07 bits per heavy atom. The maximum atomic E-state index is 11.5. The van der Waals surface area contributed by atoms with Crippen LogP contribution in [-0.4, -0.2) is 11.0 Å². The van der Waals surface area contributed by atoms with Gasteiger partial charge in [-0.25, -0.2) is 0 Å². The molecule has 0 aromatic rings. The first-order valence-corrected chi connectivity index (χ1v) is 17.5. The van der Waals surface area contributed by atoms with Crippen molar-refractivity contribution in [3.63, 3.8) is 0 Å². The molecule has 0 aliphatic heterocycles. The van der Waals surface area contributed by atoms with Crippen molar-refractivity contribution in [3.05, 3.63) is 58.7 Å². The summed E-state index contributed by atoms with van der Waals surface area (Å²) in [5.41, 5.74) is 0. The topological polar surface area (TPSA) is 43.1 Å². The molecule has 0 unspecified atom stereocenters. The van der Waals surface area contributed by atoms with Crippen molar-refractivity contribution in [2.45, 2.75) is 187 Å². The van der Waals surface area contributed by atoms with Gasteiger partial charge in [0.05, 0.1) is 0 Å². The van der Waals surface area contributed by atoms with Crippen molar-refractivity contribution in [1.82, 2.24) is 0 Å². The van der Waals surface area contributed by atoms with Crippen LogP contribution in [0, 0.1) is 10.1 Å². The summed E-state index contributed by atoms with van der Waals surface area (Å²) < 4.78 is 0. The molecule has 0 rings (SSSR count). The summed E-state index contributed by atoms with van der Waals surface area (Å²) in [7, 11) is 0. The molecule has 232 valence electrons. The van der Waals surface area contributed by atoms with Gasteiger partial charge in [0.15, 0.2) is 0 Å². The molecule has 0 amide bonds. The molecule has 3 nitrogen and oxygen atoms in total. The number of unbranched alkanes of at least 4 members (excludes halogenated alkanes) is 18. The van der Waals surface area contributed by atoms with Gasteiger partial charge in [0, 0.05) is 17.8 Å². The van der Waals surface area contributed by atoms with E-state index in [0.717, 1.165) is 51.4 Å². The lowest BCUT2D eigenvalue weighted by Gasteiger charge is -2.09. The van der Waals surface area contributed by atoms with Crippen LogP contribution in [0.3, 0.4) is 0 Å². The zero-order valence-electron chi connectivity index (χ0n) is 26.8. The van der Waals surface area contributed by atoms with Crippen LogP contribution in [0.4, 0.5) is 0 Å². The van der Waals surface area contributed by atoms with Gasteiger partial charge in [-0.05, 0) is 77.0 Å². The molecule has 40 heavy (non-hydrogen) atoms. The van der Waals surface area contributed by atoms with E-state index in [1.807, 2.05) is 0 Å². The third kappa shape index (κ3) is 30.9. The molecule has 0 N–H and O–H groups in total. The molecule has 0 saturated heterocycles. The zero-order valence-corrected chi connectivity index (χ0v) is 26.8. The predicted molar refractivity (Wildman–Crippen MR) is 179 cm³/mol. The van der Waals surface area contributed by atoms with Gasteiger partial charge in [-0.3, -0.25) is 10.1 Å². The molecule has 0 heterocycles. The number of nitro groups is 1. The molecular formula is C37H67NO2. The number of hydrogen-bond donors (Lipinski definition) is 0. The van der Waals surface area contributed by atoms with Gasteiger partial charge in [-0.2, -0.15) is 0 Å². The molecule has 0 bridgehead atoms. The first-order chi connectivity index (χ1) is 19.7. The fourth-order valence-electron chi connectivity index (χ4n) is 5.09. The molecule has 0 saturated carbocycles. The lowest BCUT2D eigenvalue weighted by Crippen LogP contribution is -2.19. The van der Waals surface area contributed by atoms with E-state index in [9.17, 15) is 10.1 Å². The number of nitrogens with zero attached hydrogens (tertiary/aromatic N) is 1. The van der Waals surface area contributed by atoms with E-state index >= 15 is 0 Å². The van der Waals surface area contributed by atoms with E-state index in [1.165, 1.54) is 116 Å². The maximum absolute atomic E-state index is 11.5. The second-order valence-corrected chi connectivity index (χ2v) is 11.7. The first-order valence-electron chi connectivity index (χ1n) is 17.5. The lowest BCUT2D eigenvalue weighted by molar-refractivity contribution is -0.524. The van der Waals surface area contributed by atoms with E-state index in [4.69, 9.17) is 0 Å². The van der Waals surface area contributed by atoms with Crippen LogP contribution in [0.1, 0.15) is 181 Å². The summed E-state index contributed by atoms with van der Waals surface area (Å²) in [6.45, 7) is 4.50. The SMILES string of the molecule is CCCCC/C=C\C/C=C\CCCCCCCCC(CCCCCCCC/C=C\C/C=C\CCCCC)[N+](=O)[O-]. The standard InChI is InChI=1S/C37H67NO2/c1-3-5-7-9-11-13-15-17-19-21-23-25-27-29-31-33-35-37(38(39)40)36-34-32-30-28-26-24-22-20-18-16-14-12-10-8-6-4-2/h11-14,17-20,37H,3-10,15-16,21-36H2,1-2H3/b13-11-,14-12-,19-17-,20-18-. The Kier molecular flexibility index (Phi) is 32.2. The summed E-state index contributed by atoms with van der Waals surface area (Å²) in [5, 5.41) is 11.5. The Morgan fingerprint density at radius 2 is 0.750 bits per heavy atom. The largest absolute Gasteiger partial charge is 0.264 e. The van der Waals surface area contributed by atoms with Crippen LogP contribution >= 0.6 is 0 Å². The van der Waals surface area contributed by atoms with Crippen molar-refractivity contribution in [1.29, 1.82) is 0 Å². The number of hydrogen-bond acceptors (Lipinski definition) is 2. The summed E-state index contributed by atoms with van der Waals surface area (Å²) in [6.07, 6.45) is 49.2. The minimum absolute atomic E-state index is 0.0144. The Hall–Kier alpha value is -1.64. The molecular weight excluding hydrogens is 490 g/mol. The third-order valence-corrected chi connectivity index (χ3v) is 7.77. The molecule has 0 spiro atoms. The molecule has 0 aromatic heterocycles. The minimum atomic E-state index is -0.323. The van der Waals surface area contributed by atoms with E-state index in [-0.39, 0.29) is 11.0 Å². The highest BCUT2D eigenvalue weighted by Gasteiger charge is 2.18. The van der Waals surface area contributed by atoms with Crippen LogP contribution in [0.25, 0.3) is 0 Å². The van der Waals surface area contributed by atoms with Crippen molar-refractivity contribution >= 4 is 0 Å². The maximum Gasteiger partial charge on any atom is 0.213 e. The Bertz CT molecular complexity index is 586. The molecule has 0 aliphatic carbocycles. The monoisotopic (exact) mass is 558 g/mol. The summed E-state index contributed by atoms with van der Waals surface area (Å²) in [4.78, 5) is 11.5. The molecule has 0 aromatic carbocycles. The lowest BCUT2D eigenvalue weighted by atomic mass is 10.0. The van der Waals surface area contributed by atoms with Crippen LogP contribution in [-0.2, 0) is 0 Å². The van der Waals surface area contributed by atoms with E-state index in [1.54, 1.807) is 0 Å². The van der Waals surface area contributed by atoms with Crippen LogP contribution in [0.15, 0.2) is 48.6 Å². The smallest absolute Gasteiger partial charge is 0.213 e. The molecule has 0 atom stereocenters. The number of rotatable bonds is 31.